The van der Waals surface area contributed by atoms with Crippen molar-refractivity contribution in [1.82, 2.24) is 34.2 Å². The number of likely N-dealkylation sites (tertiary alicyclic amines) is 1. The van der Waals surface area contributed by atoms with Gasteiger partial charge in [0.15, 0.2) is 11.9 Å². The van der Waals surface area contributed by atoms with Crippen LogP contribution in [-0.2, 0) is 13.1 Å². The zero-order chi connectivity index (χ0) is 26.1. The summed E-state index contributed by atoms with van der Waals surface area (Å²) in [6.45, 7) is 5.04. The molecule has 0 amide bonds. The molecule has 1 aliphatic heterocycles. The zero-order valence-corrected chi connectivity index (χ0v) is 21.4. The smallest absolute Gasteiger partial charge is 0.282 e. The number of benzene rings is 1. The highest BCUT2D eigenvalue weighted by atomic mass is 16.5. The van der Waals surface area contributed by atoms with Gasteiger partial charge in [0.2, 0.25) is 0 Å². The van der Waals surface area contributed by atoms with Gasteiger partial charge in [-0.2, -0.15) is 5.10 Å². The lowest BCUT2D eigenvalue weighted by molar-refractivity contribution is 0.146. The van der Waals surface area contributed by atoms with E-state index in [-0.39, 0.29) is 11.5 Å². The van der Waals surface area contributed by atoms with E-state index in [9.17, 15) is 4.79 Å². The molecular formula is C28H29N7O3. The minimum atomic E-state index is -0.151. The van der Waals surface area contributed by atoms with E-state index >= 15 is 0 Å². The molecule has 0 aliphatic carbocycles. The average Bonchev–Trinajstić information content (AvgIpc) is 3.61. The minimum Gasteiger partial charge on any atom is -0.497 e. The summed E-state index contributed by atoms with van der Waals surface area (Å²) in [5.74, 6) is 2.46. The standard InChI is InChI=1S/C28H29N7O3/c1-19-24(9-4-10-30-19)27-31-25-17-35(21-7-3-8-22(12-21)37-2)32-26(25)28(36)34(27)15-20-6-5-11-33(14-20)16-23-13-29-18-38-23/h3-4,7-10,12-13,17-18,20H,5-6,11,14-16H2,1-2H3/t20-/m0/s1. The summed E-state index contributed by atoms with van der Waals surface area (Å²) < 4.78 is 14.3. The molecule has 1 atom stereocenters. The number of pyridine rings is 1. The molecule has 1 aliphatic rings. The van der Waals surface area contributed by atoms with Gasteiger partial charge in [-0.25, -0.2) is 14.6 Å². The molecule has 0 N–H and O–H groups in total. The third-order valence-corrected chi connectivity index (χ3v) is 7.10. The van der Waals surface area contributed by atoms with Crippen LogP contribution in [0.4, 0.5) is 0 Å². The number of ether oxygens (including phenoxy) is 1. The first-order valence-electron chi connectivity index (χ1n) is 12.8. The van der Waals surface area contributed by atoms with Gasteiger partial charge in [0.1, 0.15) is 22.9 Å². The molecular weight excluding hydrogens is 482 g/mol. The summed E-state index contributed by atoms with van der Waals surface area (Å²) in [5, 5.41) is 4.65. The molecule has 0 saturated carbocycles. The average molecular weight is 512 g/mol. The first-order valence-corrected chi connectivity index (χ1v) is 12.8. The van der Waals surface area contributed by atoms with E-state index in [4.69, 9.17) is 14.1 Å². The van der Waals surface area contributed by atoms with Gasteiger partial charge in [0.25, 0.3) is 5.56 Å². The Kier molecular flexibility index (Phi) is 6.47. The fourth-order valence-electron chi connectivity index (χ4n) is 5.22. The highest BCUT2D eigenvalue weighted by Gasteiger charge is 2.25. The van der Waals surface area contributed by atoms with Crippen molar-refractivity contribution < 1.29 is 9.15 Å². The van der Waals surface area contributed by atoms with E-state index in [1.54, 1.807) is 34.9 Å². The van der Waals surface area contributed by atoms with Gasteiger partial charge < -0.3 is 9.15 Å². The molecule has 5 heterocycles. The van der Waals surface area contributed by atoms with Crippen molar-refractivity contribution in [2.45, 2.75) is 32.9 Å². The van der Waals surface area contributed by atoms with Gasteiger partial charge >= 0.3 is 0 Å². The molecule has 5 aromatic rings. The van der Waals surface area contributed by atoms with Crippen LogP contribution in [0.3, 0.4) is 0 Å². The molecule has 194 valence electrons. The second-order valence-electron chi connectivity index (χ2n) is 9.71. The maximum atomic E-state index is 14.0. The van der Waals surface area contributed by atoms with Crippen molar-refractivity contribution in [2.75, 3.05) is 20.2 Å². The molecule has 1 fully saturated rings. The first-order chi connectivity index (χ1) is 18.6. The topological polar surface area (TPSA) is 104 Å². The van der Waals surface area contributed by atoms with Crippen LogP contribution >= 0.6 is 0 Å². The maximum Gasteiger partial charge on any atom is 0.282 e. The number of aromatic nitrogens is 6. The lowest BCUT2D eigenvalue weighted by Crippen LogP contribution is -2.38. The van der Waals surface area contributed by atoms with Crippen molar-refractivity contribution in [3.8, 4) is 22.8 Å². The Bertz CT molecular complexity index is 1620. The van der Waals surface area contributed by atoms with Gasteiger partial charge in [0, 0.05) is 36.6 Å². The molecule has 0 bridgehead atoms. The Balaban J connectivity index is 1.40. The summed E-state index contributed by atoms with van der Waals surface area (Å²) in [6, 6.07) is 11.4. The van der Waals surface area contributed by atoms with Crippen LogP contribution in [0.2, 0.25) is 0 Å². The Labute approximate surface area is 219 Å². The number of fused-ring (bicyclic) bond motifs is 1. The quantitative estimate of drug-likeness (QED) is 0.324. The number of nitrogens with zero attached hydrogens (tertiary/aromatic N) is 7. The Morgan fingerprint density at radius 2 is 2.13 bits per heavy atom. The number of hydrogen-bond donors (Lipinski definition) is 0. The van der Waals surface area contributed by atoms with E-state index in [1.165, 1.54) is 6.39 Å². The third-order valence-electron chi connectivity index (χ3n) is 7.10. The number of rotatable bonds is 7. The lowest BCUT2D eigenvalue weighted by atomic mass is 9.97. The summed E-state index contributed by atoms with van der Waals surface area (Å²) in [7, 11) is 1.62. The van der Waals surface area contributed by atoms with Gasteiger partial charge in [-0.1, -0.05) is 6.07 Å². The fourth-order valence-corrected chi connectivity index (χ4v) is 5.22. The van der Waals surface area contributed by atoms with E-state index in [0.717, 1.165) is 48.6 Å². The van der Waals surface area contributed by atoms with Crippen LogP contribution in [0.25, 0.3) is 28.1 Å². The highest BCUT2D eigenvalue weighted by Crippen LogP contribution is 2.26. The summed E-state index contributed by atoms with van der Waals surface area (Å²) in [6.07, 6.45) is 8.85. The van der Waals surface area contributed by atoms with E-state index in [2.05, 4.69) is 20.0 Å². The van der Waals surface area contributed by atoms with Crippen LogP contribution in [0.1, 0.15) is 24.3 Å². The van der Waals surface area contributed by atoms with Crippen molar-refractivity contribution in [1.29, 1.82) is 0 Å². The maximum absolute atomic E-state index is 14.0. The Hall–Kier alpha value is -4.31. The first kappa shape index (κ1) is 24.1. The van der Waals surface area contributed by atoms with Crippen LogP contribution in [0, 0.1) is 12.8 Å². The molecule has 10 nitrogen and oxygen atoms in total. The third kappa shape index (κ3) is 4.70. The predicted molar refractivity (Wildman–Crippen MR) is 142 cm³/mol. The lowest BCUT2D eigenvalue weighted by Gasteiger charge is -2.32. The Morgan fingerprint density at radius 3 is 2.95 bits per heavy atom. The van der Waals surface area contributed by atoms with Crippen LogP contribution < -0.4 is 10.3 Å². The molecule has 38 heavy (non-hydrogen) atoms. The van der Waals surface area contributed by atoms with Gasteiger partial charge in [-0.15, -0.1) is 0 Å². The second kappa shape index (κ2) is 10.2. The molecule has 1 aromatic carbocycles. The van der Waals surface area contributed by atoms with Crippen LogP contribution in [-0.4, -0.2) is 54.4 Å². The van der Waals surface area contributed by atoms with Crippen molar-refractivity contribution in [2.24, 2.45) is 5.92 Å². The molecule has 0 radical (unpaired) electrons. The zero-order valence-electron chi connectivity index (χ0n) is 21.4. The molecule has 10 heteroatoms. The fraction of sp³-hybridized carbons (Fsp3) is 0.321. The van der Waals surface area contributed by atoms with Gasteiger partial charge in [-0.3, -0.25) is 19.2 Å². The highest BCUT2D eigenvalue weighted by molar-refractivity contribution is 5.76. The van der Waals surface area contributed by atoms with Crippen LogP contribution in [0.5, 0.6) is 5.75 Å². The monoisotopic (exact) mass is 511 g/mol. The number of piperidine rings is 1. The van der Waals surface area contributed by atoms with Gasteiger partial charge in [-0.05, 0) is 56.5 Å². The number of methoxy groups -OCH3 is 1. The summed E-state index contributed by atoms with van der Waals surface area (Å²) in [4.78, 5) is 29.8. The van der Waals surface area contributed by atoms with Gasteiger partial charge in [0.05, 0.1) is 31.7 Å². The van der Waals surface area contributed by atoms with Crippen molar-refractivity contribution in [3.63, 3.8) is 0 Å². The molecule has 0 spiro atoms. The van der Waals surface area contributed by atoms with Crippen molar-refractivity contribution >= 4 is 11.0 Å². The number of aryl methyl sites for hydroxylation is 1. The van der Waals surface area contributed by atoms with E-state index in [1.807, 2.05) is 43.3 Å². The Morgan fingerprint density at radius 1 is 1.21 bits per heavy atom. The minimum absolute atomic E-state index is 0.151. The predicted octanol–water partition coefficient (Wildman–Crippen LogP) is 3.86. The summed E-state index contributed by atoms with van der Waals surface area (Å²) in [5.41, 5.74) is 3.19. The van der Waals surface area contributed by atoms with Crippen LogP contribution in [0.15, 0.2) is 70.6 Å². The molecule has 1 saturated heterocycles. The second-order valence-corrected chi connectivity index (χ2v) is 9.71. The largest absolute Gasteiger partial charge is 0.497 e. The van der Waals surface area contributed by atoms with E-state index in [0.29, 0.717) is 35.7 Å². The number of oxazole rings is 1. The number of hydrogen-bond acceptors (Lipinski definition) is 8. The van der Waals surface area contributed by atoms with E-state index < -0.39 is 0 Å². The summed E-state index contributed by atoms with van der Waals surface area (Å²) >= 11 is 0. The molecule has 4 aromatic heterocycles. The molecule has 6 rings (SSSR count). The SMILES string of the molecule is COc1cccc(-n2cc3nc(-c4cccnc4C)n(C[C@H]4CCCN(Cc5cnco5)C4)c(=O)c3n2)c1. The van der Waals surface area contributed by atoms with Crippen molar-refractivity contribution in [3.05, 3.63) is 83.2 Å². The normalized spacial score (nSPS) is 16.2. The molecule has 0 unspecified atom stereocenters.